The highest BCUT2D eigenvalue weighted by atomic mass is 16.5. The molecule has 1 N–H and O–H groups in total. The fraction of sp³-hybridized carbons (Fsp3) is 0.206. The third-order valence-corrected chi connectivity index (χ3v) is 7.22. The lowest BCUT2D eigenvalue weighted by Crippen LogP contribution is -2.42. The van der Waals surface area contributed by atoms with Gasteiger partial charge in [-0.1, -0.05) is 79.7 Å². The maximum atomic E-state index is 13.9. The molecule has 0 saturated carbocycles. The monoisotopic (exact) mass is 546 g/mol. The number of aromatic nitrogens is 2. The average molecular weight is 547 g/mol. The van der Waals surface area contributed by atoms with Crippen molar-refractivity contribution in [2.75, 3.05) is 19.0 Å². The van der Waals surface area contributed by atoms with E-state index in [1.165, 1.54) is 0 Å². The molecular formula is C34H34N4O3. The predicted molar refractivity (Wildman–Crippen MR) is 163 cm³/mol. The van der Waals surface area contributed by atoms with Crippen LogP contribution in [0.1, 0.15) is 36.3 Å². The van der Waals surface area contributed by atoms with Gasteiger partial charge >= 0.3 is 6.03 Å². The Labute approximate surface area is 240 Å². The lowest BCUT2D eigenvalue weighted by Gasteiger charge is -2.32. The van der Waals surface area contributed by atoms with Crippen molar-refractivity contribution in [3.8, 4) is 5.75 Å². The number of hydrogen-bond acceptors (Lipinski definition) is 4. The van der Waals surface area contributed by atoms with E-state index < -0.39 is 6.04 Å². The molecule has 41 heavy (non-hydrogen) atoms. The molecule has 0 aliphatic rings. The second-order valence-electron chi connectivity index (χ2n) is 9.88. The SMILES string of the molecule is CCC(c1nc2ccccc2c(=O)n1Cc1ccccc1)N(CCc1ccccc1)C(=O)Nc1ccc(OC)cc1. The van der Waals surface area contributed by atoms with Gasteiger partial charge in [0.2, 0.25) is 0 Å². The van der Waals surface area contributed by atoms with Gasteiger partial charge in [0.1, 0.15) is 11.6 Å². The van der Waals surface area contributed by atoms with Crippen molar-refractivity contribution in [1.82, 2.24) is 14.5 Å². The number of para-hydroxylation sites is 1. The zero-order valence-corrected chi connectivity index (χ0v) is 23.4. The molecule has 5 aromatic rings. The number of fused-ring (bicyclic) bond motifs is 1. The van der Waals surface area contributed by atoms with Gasteiger partial charge < -0.3 is 15.0 Å². The fourth-order valence-corrected chi connectivity index (χ4v) is 5.06. The molecule has 7 heteroatoms. The minimum atomic E-state index is -0.446. The van der Waals surface area contributed by atoms with Crippen LogP contribution in [0, 0.1) is 0 Å². The van der Waals surface area contributed by atoms with Crippen LogP contribution >= 0.6 is 0 Å². The molecule has 208 valence electrons. The summed E-state index contributed by atoms with van der Waals surface area (Å²) in [6.07, 6.45) is 1.23. The molecule has 1 atom stereocenters. The molecule has 4 aromatic carbocycles. The number of urea groups is 1. The van der Waals surface area contributed by atoms with E-state index in [0.717, 1.165) is 11.1 Å². The summed E-state index contributed by atoms with van der Waals surface area (Å²) in [7, 11) is 1.61. The van der Waals surface area contributed by atoms with Crippen molar-refractivity contribution in [2.24, 2.45) is 0 Å². The quantitative estimate of drug-likeness (QED) is 0.212. The van der Waals surface area contributed by atoms with Crippen LogP contribution in [-0.4, -0.2) is 34.1 Å². The number of ether oxygens (including phenoxy) is 1. The minimum Gasteiger partial charge on any atom is -0.497 e. The van der Waals surface area contributed by atoms with Crippen LogP contribution in [0.25, 0.3) is 10.9 Å². The van der Waals surface area contributed by atoms with E-state index in [1.807, 2.05) is 97.9 Å². The van der Waals surface area contributed by atoms with Crippen molar-refractivity contribution < 1.29 is 9.53 Å². The second-order valence-corrected chi connectivity index (χ2v) is 9.88. The number of carbonyl (C=O) groups excluding carboxylic acids is 1. The topological polar surface area (TPSA) is 76.5 Å². The Morgan fingerprint density at radius 2 is 1.51 bits per heavy atom. The van der Waals surface area contributed by atoms with E-state index in [0.29, 0.717) is 54.1 Å². The normalized spacial score (nSPS) is 11.7. The first-order valence-corrected chi connectivity index (χ1v) is 13.9. The van der Waals surface area contributed by atoms with Crippen LogP contribution in [0.3, 0.4) is 0 Å². The number of hydrogen-bond donors (Lipinski definition) is 1. The molecule has 5 rings (SSSR count). The smallest absolute Gasteiger partial charge is 0.322 e. The van der Waals surface area contributed by atoms with Crippen LogP contribution in [0.2, 0.25) is 0 Å². The average Bonchev–Trinajstić information content (AvgIpc) is 3.02. The molecule has 0 fully saturated rings. The lowest BCUT2D eigenvalue weighted by molar-refractivity contribution is 0.181. The Morgan fingerprint density at radius 3 is 2.17 bits per heavy atom. The van der Waals surface area contributed by atoms with Crippen LogP contribution in [0.15, 0.2) is 114 Å². The first-order chi connectivity index (χ1) is 20.1. The number of nitrogens with one attached hydrogen (secondary N) is 1. The first-order valence-electron chi connectivity index (χ1n) is 13.9. The number of benzene rings is 4. The molecule has 1 unspecified atom stereocenters. The molecule has 0 spiro atoms. The van der Waals surface area contributed by atoms with Gasteiger partial charge in [0, 0.05) is 12.2 Å². The molecule has 0 saturated heterocycles. The van der Waals surface area contributed by atoms with Gasteiger partial charge in [-0.15, -0.1) is 0 Å². The van der Waals surface area contributed by atoms with Crippen molar-refractivity contribution >= 4 is 22.6 Å². The van der Waals surface area contributed by atoms with Gasteiger partial charge in [0.15, 0.2) is 0 Å². The van der Waals surface area contributed by atoms with E-state index in [4.69, 9.17) is 9.72 Å². The number of anilines is 1. The number of methoxy groups -OCH3 is 1. The van der Waals surface area contributed by atoms with Gasteiger partial charge in [-0.05, 0) is 60.4 Å². The Balaban J connectivity index is 1.57. The summed E-state index contributed by atoms with van der Waals surface area (Å²) in [4.78, 5) is 34.7. The third-order valence-electron chi connectivity index (χ3n) is 7.22. The lowest BCUT2D eigenvalue weighted by atomic mass is 10.1. The van der Waals surface area contributed by atoms with E-state index in [9.17, 15) is 9.59 Å². The fourth-order valence-electron chi connectivity index (χ4n) is 5.06. The zero-order valence-electron chi connectivity index (χ0n) is 23.4. The molecule has 0 aliphatic carbocycles. The molecule has 1 heterocycles. The summed E-state index contributed by atoms with van der Waals surface area (Å²) in [5.74, 6) is 1.28. The van der Waals surface area contributed by atoms with Crippen molar-refractivity contribution in [3.05, 3.63) is 136 Å². The summed E-state index contributed by atoms with van der Waals surface area (Å²) < 4.78 is 6.99. The largest absolute Gasteiger partial charge is 0.497 e. The number of amides is 2. The number of rotatable bonds is 10. The van der Waals surface area contributed by atoms with E-state index in [-0.39, 0.29) is 11.6 Å². The standard InChI is InChI=1S/C34H34N4O3/c1-3-31(32-36-30-17-11-10-16-29(30)33(39)38(32)24-26-14-8-5-9-15-26)37(23-22-25-12-6-4-7-13-25)34(40)35-27-18-20-28(41-2)21-19-27/h4-21,31H,3,22-24H2,1-2H3,(H,35,40). The maximum absolute atomic E-state index is 13.9. The van der Waals surface area contributed by atoms with Gasteiger partial charge in [0.25, 0.3) is 5.56 Å². The summed E-state index contributed by atoms with van der Waals surface area (Å²) >= 11 is 0. The van der Waals surface area contributed by atoms with Gasteiger partial charge in [-0.3, -0.25) is 9.36 Å². The Morgan fingerprint density at radius 1 is 0.878 bits per heavy atom. The van der Waals surface area contributed by atoms with E-state index in [2.05, 4.69) is 17.4 Å². The molecule has 0 bridgehead atoms. The summed E-state index contributed by atoms with van der Waals surface area (Å²) in [5.41, 5.74) is 3.27. The van der Waals surface area contributed by atoms with E-state index in [1.54, 1.807) is 22.6 Å². The highest BCUT2D eigenvalue weighted by Gasteiger charge is 2.29. The maximum Gasteiger partial charge on any atom is 0.322 e. The number of nitrogens with zero attached hydrogens (tertiary/aromatic N) is 3. The Kier molecular flexibility index (Phi) is 8.74. The Bertz CT molecular complexity index is 1650. The van der Waals surface area contributed by atoms with E-state index >= 15 is 0 Å². The van der Waals surface area contributed by atoms with Gasteiger partial charge in [-0.2, -0.15) is 0 Å². The van der Waals surface area contributed by atoms with Crippen LogP contribution in [-0.2, 0) is 13.0 Å². The van der Waals surface area contributed by atoms with Crippen LogP contribution < -0.4 is 15.6 Å². The zero-order chi connectivity index (χ0) is 28.6. The highest BCUT2D eigenvalue weighted by Crippen LogP contribution is 2.26. The molecule has 0 radical (unpaired) electrons. The van der Waals surface area contributed by atoms with Crippen LogP contribution in [0.4, 0.5) is 10.5 Å². The van der Waals surface area contributed by atoms with Crippen molar-refractivity contribution in [3.63, 3.8) is 0 Å². The predicted octanol–water partition coefficient (Wildman–Crippen LogP) is 6.68. The van der Waals surface area contributed by atoms with Crippen molar-refractivity contribution in [2.45, 2.75) is 32.4 Å². The molecule has 0 aliphatic heterocycles. The van der Waals surface area contributed by atoms with Gasteiger partial charge in [0.05, 0.1) is 30.6 Å². The minimum absolute atomic E-state index is 0.119. The Hall–Kier alpha value is -4.91. The highest BCUT2D eigenvalue weighted by molar-refractivity contribution is 5.89. The van der Waals surface area contributed by atoms with Crippen molar-refractivity contribution in [1.29, 1.82) is 0 Å². The molecule has 2 amide bonds. The van der Waals surface area contributed by atoms with Gasteiger partial charge in [-0.25, -0.2) is 9.78 Å². The second kappa shape index (κ2) is 13.0. The molecule has 7 nitrogen and oxygen atoms in total. The number of carbonyl (C=O) groups is 1. The molecule has 1 aromatic heterocycles. The van der Waals surface area contributed by atoms with Crippen LogP contribution in [0.5, 0.6) is 5.75 Å². The third kappa shape index (κ3) is 6.47. The summed E-state index contributed by atoms with van der Waals surface area (Å²) in [6.45, 7) is 2.82. The summed E-state index contributed by atoms with van der Waals surface area (Å²) in [5, 5.41) is 3.61. The molecular weight excluding hydrogens is 512 g/mol. The summed E-state index contributed by atoms with van der Waals surface area (Å²) in [6, 6.07) is 33.9. The first kappa shape index (κ1) is 27.6.